The standard InChI is InChI=1S/C13H14Cl3NO3S/c1-2-7-17(8-3-4-8)13(18)11-9(14)5-6-10(12(11)15)21(16,19)20/h5-6,8H,2-4,7H2,1H3. The number of rotatable bonds is 5. The van der Waals surface area contributed by atoms with E-state index in [9.17, 15) is 13.2 Å². The maximum absolute atomic E-state index is 12.7. The predicted molar refractivity (Wildman–Crippen MR) is 83.9 cm³/mol. The number of halogens is 3. The van der Waals surface area contributed by atoms with Crippen LogP contribution in [0.25, 0.3) is 0 Å². The summed E-state index contributed by atoms with van der Waals surface area (Å²) in [5.74, 6) is -0.350. The van der Waals surface area contributed by atoms with Crippen molar-refractivity contribution < 1.29 is 13.2 Å². The minimum absolute atomic E-state index is 0.000378. The van der Waals surface area contributed by atoms with Gasteiger partial charge in [0.1, 0.15) is 4.90 Å². The topological polar surface area (TPSA) is 54.5 Å². The highest BCUT2D eigenvalue weighted by Gasteiger charge is 2.35. The highest BCUT2D eigenvalue weighted by atomic mass is 35.7. The molecule has 0 heterocycles. The van der Waals surface area contributed by atoms with Gasteiger partial charge in [-0.1, -0.05) is 30.1 Å². The van der Waals surface area contributed by atoms with Gasteiger partial charge in [-0.3, -0.25) is 4.79 Å². The van der Waals surface area contributed by atoms with Gasteiger partial charge in [-0.15, -0.1) is 0 Å². The Hall–Kier alpha value is -0.490. The maximum Gasteiger partial charge on any atom is 0.262 e. The van der Waals surface area contributed by atoms with Crippen molar-refractivity contribution >= 4 is 48.8 Å². The lowest BCUT2D eigenvalue weighted by Gasteiger charge is -2.23. The number of benzene rings is 1. The second kappa shape index (κ2) is 6.32. The van der Waals surface area contributed by atoms with Crippen LogP contribution in [0.15, 0.2) is 17.0 Å². The minimum Gasteiger partial charge on any atom is -0.336 e. The number of carbonyl (C=O) groups is 1. The Labute approximate surface area is 138 Å². The summed E-state index contributed by atoms with van der Waals surface area (Å²) < 4.78 is 23.0. The summed E-state index contributed by atoms with van der Waals surface area (Å²) in [6.45, 7) is 2.54. The first-order chi connectivity index (χ1) is 9.77. The third-order valence-electron chi connectivity index (χ3n) is 3.25. The van der Waals surface area contributed by atoms with E-state index in [0.29, 0.717) is 6.54 Å². The molecular formula is C13H14Cl3NO3S. The highest BCUT2D eigenvalue weighted by molar-refractivity contribution is 8.13. The van der Waals surface area contributed by atoms with Crippen molar-refractivity contribution in [2.45, 2.75) is 37.1 Å². The van der Waals surface area contributed by atoms with Crippen molar-refractivity contribution in [2.75, 3.05) is 6.54 Å². The molecule has 0 N–H and O–H groups in total. The molecule has 1 saturated carbocycles. The van der Waals surface area contributed by atoms with Gasteiger partial charge in [0.25, 0.3) is 15.0 Å². The molecule has 0 bridgehead atoms. The summed E-state index contributed by atoms with van der Waals surface area (Å²) in [7, 11) is 1.29. The van der Waals surface area contributed by atoms with Crippen LogP contribution in [0, 0.1) is 0 Å². The van der Waals surface area contributed by atoms with Gasteiger partial charge in [0.2, 0.25) is 0 Å². The molecule has 1 aromatic rings. The molecule has 0 aromatic heterocycles. The monoisotopic (exact) mass is 369 g/mol. The van der Waals surface area contributed by atoms with Crippen molar-refractivity contribution in [1.29, 1.82) is 0 Å². The smallest absolute Gasteiger partial charge is 0.262 e. The quantitative estimate of drug-likeness (QED) is 0.738. The first-order valence-electron chi connectivity index (χ1n) is 6.51. The number of nitrogens with zero attached hydrogens (tertiary/aromatic N) is 1. The number of hydrogen-bond donors (Lipinski definition) is 0. The van der Waals surface area contributed by atoms with Gasteiger partial charge in [-0.2, -0.15) is 0 Å². The Balaban J connectivity index is 2.49. The van der Waals surface area contributed by atoms with Crippen molar-refractivity contribution in [3.05, 3.63) is 27.7 Å². The van der Waals surface area contributed by atoms with E-state index in [0.717, 1.165) is 19.3 Å². The van der Waals surface area contributed by atoms with E-state index in [2.05, 4.69) is 0 Å². The fourth-order valence-electron chi connectivity index (χ4n) is 2.14. The first kappa shape index (κ1) is 16.9. The van der Waals surface area contributed by atoms with Crippen LogP contribution < -0.4 is 0 Å². The van der Waals surface area contributed by atoms with Gasteiger partial charge in [0, 0.05) is 23.3 Å². The van der Waals surface area contributed by atoms with Gasteiger partial charge in [-0.25, -0.2) is 8.42 Å². The van der Waals surface area contributed by atoms with Crippen LogP contribution in [0.3, 0.4) is 0 Å². The summed E-state index contributed by atoms with van der Waals surface area (Å²) in [6.07, 6.45) is 2.67. The summed E-state index contributed by atoms with van der Waals surface area (Å²) in [4.78, 5) is 14.0. The van der Waals surface area contributed by atoms with E-state index in [1.54, 1.807) is 4.90 Å². The molecular weight excluding hydrogens is 357 g/mol. The van der Waals surface area contributed by atoms with Gasteiger partial charge in [-0.05, 0) is 31.4 Å². The fourth-order valence-corrected chi connectivity index (χ4v) is 4.03. The average Bonchev–Trinajstić information content (AvgIpc) is 3.18. The molecule has 0 spiro atoms. The molecule has 116 valence electrons. The van der Waals surface area contributed by atoms with Crippen molar-refractivity contribution in [1.82, 2.24) is 4.90 Å². The van der Waals surface area contributed by atoms with E-state index >= 15 is 0 Å². The maximum atomic E-state index is 12.7. The fraction of sp³-hybridized carbons (Fsp3) is 0.462. The minimum atomic E-state index is -4.04. The van der Waals surface area contributed by atoms with Gasteiger partial charge < -0.3 is 4.90 Å². The lowest BCUT2D eigenvalue weighted by Crippen LogP contribution is -2.34. The van der Waals surface area contributed by atoms with Crippen LogP contribution in [-0.2, 0) is 9.05 Å². The molecule has 1 aliphatic rings. The van der Waals surface area contributed by atoms with Gasteiger partial charge in [0.15, 0.2) is 0 Å². The molecule has 8 heteroatoms. The molecule has 0 radical (unpaired) electrons. The number of amides is 1. The highest BCUT2D eigenvalue weighted by Crippen LogP contribution is 2.36. The molecule has 0 saturated heterocycles. The van der Waals surface area contributed by atoms with Crippen LogP contribution in [0.1, 0.15) is 36.5 Å². The average molecular weight is 371 g/mol. The van der Waals surface area contributed by atoms with Crippen molar-refractivity contribution in [2.24, 2.45) is 0 Å². The molecule has 4 nitrogen and oxygen atoms in total. The van der Waals surface area contributed by atoms with Crippen molar-refractivity contribution in [3.8, 4) is 0 Å². The predicted octanol–water partition coefficient (Wildman–Crippen LogP) is 3.94. The van der Waals surface area contributed by atoms with E-state index < -0.39 is 9.05 Å². The lowest BCUT2D eigenvalue weighted by atomic mass is 10.2. The van der Waals surface area contributed by atoms with Crippen LogP contribution in [0.4, 0.5) is 0 Å². The zero-order valence-electron chi connectivity index (χ0n) is 11.3. The van der Waals surface area contributed by atoms with Crippen molar-refractivity contribution in [3.63, 3.8) is 0 Å². The van der Waals surface area contributed by atoms with Crippen LogP contribution in [-0.4, -0.2) is 31.8 Å². The molecule has 0 atom stereocenters. The summed E-state index contributed by atoms with van der Waals surface area (Å²) in [6, 6.07) is 2.71. The normalized spacial score (nSPS) is 15.0. The van der Waals surface area contributed by atoms with Gasteiger partial charge in [0.05, 0.1) is 15.6 Å². The molecule has 0 unspecified atom stereocenters. The zero-order valence-corrected chi connectivity index (χ0v) is 14.4. The second-order valence-electron chi connectivity index (χ2n) is 4.90. The molecule has 1 aromatic carbocycles. The Kier molecular flexibility index (Phi) is 5.08. The Morgan fingerprint density at radius 2 is 1.95 bits per heavy atom. The summed E-state index contributed by atoms with van der Waals surface area (Å²) in [5, 5.41) is -0.0972. The molecule has 2 rings (SSSR count). The Bertz CT molecular complexity index is 671. The molecule has 1 aliphatic carbocycles. The molecule has 1 amide bonds. The molecule has 21 heavy (non-hydrogen) atoms. The van der Waals surface area contributed by atoms with E-state index in [1.165, 1.54) is 12.1 Å². The SMILES string of the molecule is CCCN(C(=O)c1c(Cl)ccc(S(=O)(=O)Cl)c1Cl)C1CC1. The number of hydrogen-bond acceptors (Lipinski definition) is 3. The summed E-state index contributed by atoms with van der Waals surface area (Å²) in [5.41, 5.74) is 0.000378. The second-order valence-corrected chi connectivity index (χ2v) is 8.22. The zero-order chi connectivity index (χ0) is 15.8. The lowest BCUT2D eigenvalue weighted by molar-refractivity contribution is 0.0743. The van der Waals surface area contributed by atoms with Crippen LogP contribution in [0.2, 0.25) is 10.0 Å². The third-order valence-corrected chi connectivity index (χ3v) is 5.43. The van der Waals surface area contributed by atoms with Crippen LogP contribution in [0.5, 0.6) is 0 Å². The van der Waals surface area contributed by atoms with E-state index in [4.69, 9.17) is 33.9 Å². The van der Waals surface area contributed by atoms with Gasteiger partial charge >= 0.3 is 0 Å². The largest absolute Gasteiger partial charge is 0.336 e. The van der Waals surface area contributed by atoms with E-state index in [-0.39, 0.29) is 32.5 Å². The van der Waals surface area contributed by atoms with E-state index in [1.807, 2.05) is 6.92 Å². The van der Waals surface area contributed by atoms with Crippen LogP contribution >= 0.6 is 33.9 Å². The summed E-state index contributed by atoms with van der Waals surface area (Å²) >= 11 is 12.1. The Morgan fingerprint density at radius 1 is 1.33 bits per heavy atom. The third kappa shape index (κ3) is 3.65. The molecule has 1 fully saturated rings. The number of carbonyl (C=O) groups excluding carboxylic acids is 1. The Morgan fingerprint density at radius 3 is 2.43 bits per heavy atom. The molecule has 0 aliphatic heterocycles. The first-order valence-corrected chi connectivity index (χ1v) is 9.57.